The van der Waals surface area contributed by atoms with E-state index >= 15 is 0 Å². The number of amides is 3. The SMILES string of the molecule is O=C(CN1CC[C@@H]2NC(=O)[C@@H](Cc3ccccc3)NC(=O)C3(C/C=C/C[C@@H]2C1)CCOCC3)NCc1ccccc1. The van der Waals surface area contributed by atoms with E-state index in [0.29, 0.717) is 52.0 Å². The lowest BCUT2D eigenvalue weighted by Gasteiger charge is -2.40. The van der Waals surface area contributed by atoms with Crippen LogP contribution in [0.1, 0.15) is 43.2 Å². The van der Waals surface area contributed by atoms with Gasteiger partial charge in [-0.05, 0) is 49.1 Å². The smallest absolute Gasteiger partial charge is 0.243 e. The van der Waals surface area contributed by atoms with Gasteiger partial charge in [0.05, 0.1) is 12.0 Å². The zero-order valence-electron chi connectivity index (χ0n) is 23.7. The molecule has 0 unspecified atom stereocenters. The maximum atomic E-state index is 13.7. The highest BCUT2D eigenvalue weighted by Crippen LogP contribution is 2.36. The van der Waals surface area contributed by atoms with Gasteiger partial charge in [-0.25, -0.2) is 0 Å². The number of hydrogen-bond acceptors (Lipinski definition) is 5. The third-order valence-electron chi connectivity index (χ3n) is 8.80. The summed E-state index contributed by atoms with van der Waals surface area (Å²) in [6, 6.07) is 19.1. The van der Waals surface area contributed by atoms with Gasteiger partial charge in [-0.15, -0.1) is 0 Å². The van der Waals surface area contributed by atoms with Gasteiger partial charge < -0.3 is 20.7 Å². The minimum atomic E-state index is -0.657. The third kappa shape index (κ3) is 7.83. The summed E-state index contributed by atoms with van der Waals surface area (Å²) in [6.45, 7) is 3.39. The maximum Gasteiger partial charge on any atom is 0.243 e. The van der Waals surface area contributed by atoms with Gasteiger partial charge in [0, 0.05) is 45.3 Å². The quantitative estimate of drug-likeness (QED) is 0.474. The molecule has 0 bridgehead atoms. The Kier molecular flexibility index (Phi) is 9.85. The van der Waals surface area contributed by atoms with Crippen molar-refractivity contribution in [1.82, 2.24) is 20.9 Å². The molecule has 218 valence electrons. The fraction of sp³-hybridized carbons (Fsp3) is 0.485. The minimum absolute atomic E-state index is 0.00660. The molecule has 0 saturated carbocycles. The van der Waals surface area contributed by atoms with Gasteiger partial charge >= 0.3 is 0 Å². The van der Waals surface area contributed by atoms with Crippen LogP contribution in [0.25, 0.3) is 0 Å². The standard InChI is InChI=1S/C33H42N4O4/c38-30(34-22-26-11-5-2-6-12-26)24-37-18-14-28-27(23-37)13-7-8-15-33(16-19-41-20-17-33)32(40)36-29(31(39)35-28)21-25-9-3-1-4-10-25/h1-12,27-29H,13-24H2,(H,34,38)(H,35,39)(H,36,40)/b8-7+/t27-,28+,29-/m1/s1. The molecule has 3 N–H and O–H groups in total. The lowest BCUT2D eigenvalue weighted by Crippen LogP contribution is -2.58. The molecule has 3 heterocycles. The Hall–Kier alpha value is -3.49. The average molecular weight is 559 g/mol. The number of nitrogens with zero attached hydrogens (tertiary/aromatic N) is 1. The molecule has 3 aliphatic rings. The molecule has 0 aliphatic carbocycles. The second kappa shape index (κ2) is 13.9. The molecule has 5 rings (SSSR count). The van der Waals surface area contributed by atoms with Crippen LogP contribution in [0.3, 0.4) is 0 Å². The first-order valence-electron chi connectivity index (χ1n) is 14.9. The summed E-state index contributed by atoms with van der Waals surface area (Å²) in [6.07, 6.45) is 8.19. The fourth-order valence-electron chi connectivity index (χ4n) is 6.26. The Morgan fingerprint density at radius 2 is 1.66 bits per heavy atom. The predicted octanol–water partition coefficient (Wildman–Crippen LogP) is 2.98. The van der Waals surface area contributed by atoms with Gasteiger partial charge in [0.15, 0.2) is 0 Å². The number of nitrogens with one attached hydrogen (secondary N) is 3. The predicted molar refractivity (Wildman–Crippen MR) is 158 cm³/mol. The van der Waals surface area contributed by atoms with Crippen LogP contribution in [0, 0.1) is 11.3 Å². The van der Waals surface area contributed by atoms with Crippen molar-refractivity contribution in [2.45, 2.75) is 57.2 Å². The second-order valence-corrected chi connectivity index (χ2v) is 11.7. The van der Waals surface area contributed by atoms with E-state index in [-0.39, 0.29) is 29.7 Å². The van der Waals surface area contributed by atoms with E-state index < -0.39 is 11.5 Å². The number of allylic oxidation sites excluding steroid dienone is 2. The number of piperidine rings is 1. The van der Waals surface area contributed by atoms with E-state index in [9.17, 15) is 14.4 Å². The van der Waals surface area contributed by atoms with Crippen molar-refractivity contribution in [3.8, 4) is 0 Å². The normalized spacial score (nSPS) is 26.0. The van der Waals surface area contributed by atoms with Gasteiger partial charge in [-0.1, -0.05) is 72.8 Å². The Morgan fingerprint density at radius 3 is 2.39 bits per heavy atom. The highest BCUT2D eigenvalue weighted by Gasteiger charge is 2.41. The Labute approximate surface area is 242 Å². The largest absolute Gasteiger partial charge is 0.381 e. The molecular formula is C33H42N4O4. The fourth-order valence-corrected chi connectivity index (χ4v) is 6.26. The van der Waals surface area contributed by atoms with Crippen LogP contribution in [0.4, 0.5) is 0 Å². The van der Waals surface area contributed by atoms with Crippen LogP contribution in [0.15, 0.2) is 72.8 Å². The number of ether oxygens (including phenoxy) is 1. The van der Waals surface area contributed by atoms with Crippen LogP contribution >= 0.6 is 0 Å². The molecular weight excluding hydrogens is 516 g/mol. The van der Waals surface area contributed by atoms with Crippen molar-refractivity contribution < 1.29 is 19.1 Å². The first kappa shape index (κ1) is 29.0. The van der Waals surface area contributed by atoms with E-state index in [1.165, 1.54) is 0 Å². The van der Waals surface area contributed by atoms with Crippen molar-refractivity contribution in [3.05, 3.63) is 83.9 Å². The minimum Gasteiger partial charge on any atom is -0.381 e. The molecule has 0 radical (unpaired) electrons. The van der Waals surface area contributed by atoms with Gasteiger partial charge in [0.25, 0.3) is 0 Å². The molecule has 2 fully saturated rings. The van der Waals surface area contributed by atoms with E-state index in [1.54, 1.807) is 0 Å². The number of likely N-dealkylation sites (tertiary alicyclic amines) is 1. The van der Waals surface area contributed by atoms with Crippen molar-refractivity contribution in [2.75, 3.05) is 32.8 Å². The number of fused-ring (bicyclic) bond motifs is 1. The van der Waals surface area contributed by atoms with Crippen LogP contribution in [0.2, 0.25) is 0 Å². The van der Waals surface area contributed by atoms with Gasteiger partial charge in [0.1, 0.15) is 6.04 Å². The summed E-state index contributed by atoms with van der Waals surface area (Å²) in [5.74, 6) is -0.0239. The molecule has 0 aromatic heterocycles. The highest BCUT2D eigenvalue weighted by molar-refractivity contribution is 5.90. The monoisotopic (exact) mass is 558 g/mol. The van der Waals surface area contributed by atoms with Crippen molar-refractivity contribution >= 4 is 17.7 Å². The van der Waals surface area contributed by atoms with Crippen molar-refractivity contribution in [3.63, 3.8) is 0 Å². The zero-order valence-corrected chi connectivity index (χ0v) is 23.7. The summed E-state index contributed by atoms with van der Waals surface area (Å²) < 4.78 is 5.60. The first-order valence-corrected chi connectivity index (χ1v) is 14.9. The number of carbonyl (C=O) groups excluding carboxylic acids is 3. The Balaban J connectivity index is 1.29. The molecule has 41 heavy (non-hydrogen) atoms. The maximum absolute atomic E-state index is 13.7. The Bertz CT molecular complexity index is 1200. The molecule has 3 atom stereocenters. The highest BCUT2D eigenvalue weighted by atomic mass is 16.5. The van der Waals surface area contributed by atoms with Crippen LogP contribution in [0.5, 0.6) is 0 Å². The van der Waals surface area contributed by atoms with E-state index in [2.05, 4.69) is 33.0 Å². The number of hydrogen-bond donors (Lipinski definition) is 3. The first-order chi connectivity index (χ1) is 20.0. The molecule has 1 spiro atoms. The van der Waals surface area contributed by atoms with E-state index in [1.807, 2.05) is 60.7 Å². The molecule has 2 aromatic rings. The summed E-state index contributed by atoms with van der Waals surface area (Å²) in [5.41, 5.74) is 1.51. The van der Waals surface area contributed by atoms with Crippen molar-refractivity contribution in [1.29, 1.82) is 0 Å². The molecule has 2 aromatic carbocycles. The molecule has 2 saturated heterocycles. The van der Waals surface area contributed by atoms with Crippen LogP contribution in [-0.2, 0) is 32.1 Å². The lowest BCUT2D eigenvalue weighted by molar-refractivity contribution is -0.140. The van der Waals surface area contributed by atoms with Gasteiger partial charge in [0.2, 0.25) is 17.7 Å². The number of carbonyl (C=O) groups is 3. The lowest BCUT2D eigenvalue weighted by atomic mass is 9.75. The second-order valence-electron chi connectivity index (χ2n) is 11.7. The summed E-state index contributed by atoms with van der Waals surface area (Å²) in [7, 11) is 0. The van der Waals surface area contributed by atoms with Gasteiger partial charge in [-0.2, -0.15) is 0 Å². The summed E-state index contributed by atoms with van der Waals surface area (Å²) in [4.78, 5) is 42.4. The third-order valence-corrected chi connectivity index (χ3v) is 8.80. The molecule has 8 heteroatoms. The zero-order chi connectivity index (χ0) is 28.5. The molecule has 8 nitrogen and oxygen atoms in total. The Morgan fingerprint density at radius 1 is 0.951 bits per heavy atom. The van der Waals surface area contributed by atoms with Gasteiger partial charge in [-0.3, -0.25) is 19.3 Å². The van der Waals surface area contributed by atoms with E-state index in [4.69, 9.17) is 4.74 Å². The average Bonchev–Trinajstić information content (AvgIpc) is 3.00. The van der Waals surface area contributed by atoms with Crippen LogP contribution in [-0.4, -0.2) is 67.6 Å². The molecule has 3 amide bonds. The van der Waals surface area contributed by atoms with E-state index in [0.717, 1.165) is 37.1 Å². The summed E-state index contributed by atoms with van der Waals surface area (Å²) in [5, 5.41) is 9.48. The summed E-state index contributed by atoms with van der Waals surface area (Å²) >= 11 is 0. The van der Waals surface area contributed by atoms with Crippen molar-refractivity contribution in [2.24, 2.45) is 11.3 Å². The molecule has 3 aliphatic heterocycles. The number of benzene rings is 2. The van der Waals surface area contributed by atoms with Crippen LogP contribution < -0.4 is 16.0 Å². The number of rotatable bonds is 6. The topological polar surface area (TPSA) is 99.8 Å².